The fourth-order valence-corrected chi connectivity index (χ4v) is 1.45. The predicted molar refractivity (Wildman–Crippen MR) is 81.6 cm³/mol. The first-order chi connectivity index (χ1) is 10.5. The molecule has 0 aliphatic rings. The van der Waals surface area contributed by atoms with E-state index < -0.39 is 12.0 Å². The van der Waals surface area contributed by atoms with Gasteiger partial charge in [-0.25, -0.2) is 4.79 Å². The Balaban J connectivity index is 2.84. The Labute approximate surface area is 128 Å². The van der Waals surface area contributed by atoms with Crippen molar-refractivity contribution in [2.45, 2.75) is 13.8 Å². The second-order valence-electron chi connectivity index (χ2n) is 4.13. The van der Waals surface area contributed by atoms with Gasteiger partial charge in [-0.1, -0.05) is 0 Å². The van der Waals surface area contributed by atoms with Gasteiger partial charge in [-0.15, -0.1) is 0 Å². The van der Waals surface area contributed by atoms with E-state index in [1.807, 2.05) is 5.32 Å². The smallest absolute Gasteiger partial charge is 0.414 e. The molecule has 1 rings (SSSR count). The number of carbonyl (C=O) groups is 2. The van der Waals surface area contributed by atoms with Gasteiger partial charge < -0.3 is 14.6 Å². The van der Waals surface area contributed by atoms with Crippen molar-refractivity contribution in [3.05, 3.63) is 35.6 Å². The van der Waals surface area contributed by atoms with Crippen LogP contribution >= 0.6 is 0 Å². The Hall–Kier alpha value is -2.83. The number of benzene rings is 1. The molecule has 7 nitrogen and oxygen atoms in total. The normalized spacial score (nSPS) is 11.8. The number of imide groups is 1. The highest BCUT2D eigenvalue weighted by atomic mass is 16.5. The monoisotopic (exact) mass is 306 g/mol. The molecule has 1 aromatic rings. The summed E-state index contributed by atoms with van der Waals surface area (Å²) in [6.07, 6.45) is 0.287. The zero-order valence-electron chi connectivity index (χ0n) is 12.6. The van der Waals surface area contributed by atoms with Crippen LogP contribution in [0.5, 0.6) is 5.75 Å². The maximum Gasteiger partial charge on any atom is 0.414 e. The second-order valence-corrected chi connectivity index (χ2v) is 4.13. The van der Waals surface area contributed by atoms with E-state index in [1.165, 1.54) is 13.1 Å². The van der Waals surface area contributed by atoms with Crippen LogP contribution in [0.15, 0.2) is 40.6 Å². The molecule has 2 amide bonds. The van der Waals surface area contributed by atoms with Crippen molar-refractivity contribution >= 4 is 23.9 Å². The minimum Gasteiger partial charge on any atom is -0.512 e. The third kappa shape index (κ3) is 5.28. The van der Waals surface area contributed by atoms with E-state index in [1.54, 1.807) is 38.3 Å². The van der Waals surface area contributed by atoms with Crippen molar-refractivity contribution in [3.8, 4) is 5.75 Å². The van der Waals surface area contributed by atoms with Gasteiger partial charge in [0.2, 0.25) is 0 Å². The number of amides is 2. The zero-order chi connectivity index (χ0) is 16.5. The number of nitrogens with one attached hydrogen (secondary N) is 1. The second kappa shape index (κ2) is 8.46. The van der Waals surface area contributed by atoms with Gasteiger partial charge in [-0.05, 0) is 38.1 Å². The van der Waals surface area contributed by atoms with Crippen LogP contribution in [0.3, 0.4) is 0 Å². The number of hydrogen-bond acceptors (Lipinski definition) is 6. The minimum atomic E-state index is -0.885. The molecule has 0 aliphatic heterocycles. The zero-order valence-corrected chi connectivity index (χ0v) is 12.6. The van der Waals surface area contributed by atoms with Crippen molar-refractivity contribution in [1.29, 1.82) is 0 Å². The van der Waals surface area contributed by atoms with E-state index in [0.29, 0.717) is 11.4 Å². The number of rotatable bonds is 5. The Morgan fingerprint density at radius 2 is 1.95 bits per heavy atom. The van der Waals surface area contributed by atoms with Crippen LogP contribution in [0.2, 0.25) is 0 Å². The minimum absolute atomic E-state index is 0.135. The molecule has 0 bridgehead atoms. The number of aliphatic imine (C=N–C) groups is 1. The molecule has 2 N–H and O–H groups in total. The molecule has 0 radical (unpaired) electrons. The highest BCUT2D eigenvalue weighted by Crippen LogP contribution is 2.17. The van der Waals surface area contributed by atoms with Crippen molar-refractivity contribution in [3.63, 3.8) is 0 Å². The summed E-state index contributed by atoms with van der Waals surface area (Å²) < 4.78 is 9.62. The topological polar surface area (TPSA) is 97.2 Å². The summed E-state index contributed by atoms with van der Waals surface area (Å²) in [7, 11) is 1.55. The van der Waals surface area contributed by atoms with Crippen molar-refractivity contribution in [2.24, 2.45) is 4.99 Å². The molecule has 0 spiro atoms. The molecule has 0 saturated heterocycles. The van der Waals surface area contributed by atoms with E-state index >= 15 is 0 Å². The maximum atomic E-state index is 11.9. The van der Waals surface area contributed by atoms with Crippen LogP contribution < -0.4 is 10.1 Å². The average molecular weight is 306 g/mol. The van der Waals surface area contributed by atoms with E-state index in [-0.39, 0.29) is 17.9 Å². The summed E-state index contributed by atoms with van der Waals surface area (Å²) in [6, 6.07) is 6.78. The number of hydrogen-bond donors (Lipinski definition) is 2. The first-order valence-electron chi connectivity index (χ1n) is 6.54. The van der Waals surface area contributed by atoms with E-state index in [0.717, 1.165) is 0 Å². The highest BCUT2D eigenvalue weighted by molar-refractivity contribution is 6.16. The third-order valence-corrected chi connectivity index (χ3v) is 2.54. The van der Waals surface area contributed by atoms with Gasteiger partial charge in [0, 0.05) is 6.21 Å². The standard InChI is InChI=1S/C15H18N2O5/c1-4-22-15(20)17-14(19)13(10(2)18)9-16-11-5-7-12(21-3)8-6-11/h5-9,18H,4H2,1-3H3,(H,17,19,20)/b13-10+,16-9?. The molecular weight excluding hydrogens is 288 g/mol. The number of nitrogens with zero attached hydrogens (tertiary/aromatic N) is 1. The molecule has 0 aliphatic carbocycles. The van der Waals surface area contributed by atoms with Gasteiger partial charge in [-0.3, -0.25) is 15.1 Å². The number of aliphatic hydroxyl groups is 1. The Morgan fingerprint density at radius 3 is 2.45 bits per heavy atom. The highest BCUT2D eigenvalue weighted by Gasteiger charge is 2.15. The van der Waals surface area contributed by atoms with Crippen LogP contribution in [0.4, 0.5) is 10.5 Å². The van der Waals surface area contributed by atoms with Gasteiger partial charge in [0.1, 0.15) is 11.5 Å². The summed E-state index contributed by atoms with van der Waals surface area (Å²) in [5.41, 5.74) is 0.423. The van der Waals surface area contributed by atoms with Gasteiger partial charge in [0.15, 0.2) is 0 Å². The average Bonchev–Trinajstić information content (AvgIpc) is 2.47. The summed E-state index contributed by atoms with van der Waals surface area (Å²) in [5, 5.41) is 11.5. The summed E-state index contributed by atoms with van der Waals surface area (Å²) in [4.78, 5) is 27.1. The van der Waals surface area contributed by atoms with E-state index in [4.69, 9.17) is 4.74 Å². The Morgan fingerprint density at radius 1 is 1.32 bits per heavy atom. The van der Waals surface area contributed by atoms with Crippen LogP contribution in [0.25, 0.3) is 0 Å². The van der Waals surface area contributed by atoms with Gasteiger partial charge in [0.05, 0.1) is 25.0 Å². The molecule has 0 fully saturated rings. The van der Waals surface area contributed by atoms with Crippen LogP contribution in [-0.2, 0) is 9.53 Å². The summed E-state index contributed by atoms with van der Waals surface area (Å²) in [6.45, 7) is 3.07. The van der Waals surface area contributed by atoms with Crippen molar-refractivity contribution in [2.75, 3.05) is 13.7 Å². The van der Waals surface area contributed by atoms with Crippen molar-refractivity contribution in [1.82, 2.24) is 5.32 Å². The van der Waals surface area contributed by atoms with E-state index in [2.05, 4.69) is 9.73 Å². The van der Waals surface area contributed by atoms with Gasteiger partial charge in [0.25, 0.3) is 5.91 Å². The number of methoxy groups -OCH3 is 1. The van der Waals surface area contributed by atoms with Crippen molar-refractivity contribution < 1.29 is 24.2 Å². The summed E-state index contributed by atoms with van der Waals surface area (Å²) in [5.74, 6) is -0.386. The lowest BCUT2D eigenvalue weighted by atomic mass is 10.2. The Bertz CT molecular complexity index is 586. The molecular formula is C15H18N2O5. The molecule has 7 heteroatoms. The van der Waals surface area contributed by atoms with Crippen LogP contribution in [0, 0.1) is 0 Å². The molecule has 0 unspecified atom stereocenters. The predicted octanol–water partition coefficient (Wildman–Crippen LogP) is 2.50. The largest absolute Gasteiger partial charge is 0.512 e. The third-order valence-electron chi connectivity index (χ3n) is 2.54. The molecule has 0 aromatic heterocycles. The number of allylic oxidation sites excluding steroid dienone is 1. The number of ether oxygens (including phenoxy) is 2. The number of aliphatic hydroxyl groups excluding tert-OH is 1. The SMILES string of the molecule is CCOC(=O)NC(=O)/C(C=Nc1ccc(OC)cc1)=C(\C)O. The summed E-state index contributed by atoms with van der Waals surface area (Å²) >= 11 is 0. The van der Waals surface area contributed by atoms with Crippen LogP contribution in [0.1, 0.15) is 13.8 Å². The first-order valence-corrected chi connectivity index (χ1v) is 6.54. The first kappa shape index (κ1) is 17.2. The molecule has 1 aromatic carbocycles. The molecule has 0 atom stereocenters. The fraction of sp³-hybridized carbons (Fsp3) is 0.267. The van der Waals surface area contributed by atoms with Crippen LogP contribution in [-0.4, -0.2) is 37.0 Å². The fourth-order valence-electron chi connectivity index (χ4n) is 1.45. The number of carbonyl (C=O) groups excluding carboxylic acids is 2. The Kier molecular flexibility index (Phi) is 6.62. The maximum absolute atomic E-state index is 11.9. The lowest BCUT2D eigenvalue weighted by molar-refractivity contribution is -0.116. The number of alkyl carbamates (subject to hydrolysis) is 1. The molecule has 0 saturated carbocycles. The van der Waals surface area contributed by atoms with Gasteiger partial charge >= 0.3 is 6.09 Å². The molecule has 22 heavy (non-hydrogen) atoms. The van der Waals surface area contributed by atoms with E-state index in [9.17, 15) is 14.7 Å². The van der Waals surface area contributed by atoms with Gasteiger partial charge in [-0.2, -0.15) is 0 Å². The molecule has 118 valence electrons. The molecule has 0 heterocycles. The lowest BCUT2D eigenvalue weighted by Gasteiger charge is -2.05. The lowest BCUT2D eigenvalue weighted by Crippen LogP contribution is -2.33. The quantitative estimate of drug-likeness (QED) is 0.495.